The average Bonchev–Trinajstić information content (AvgIpc) is 2.66. The summed E-state index contributed by atoms with van der Waals surface area (Å²) in [5.41, 5.74) is 4.99. The number of nitrogens with zero attached hydrogens (tertiary/aromatic N) is 1. The molecule has 136 valence electrons. The molecule has 0 aliphatic rings. The number of carbonyl (C=O) groups is 2. The zero-order valence-corrected chi connectivity index (χ0v) is 14.2. The highest BCUT2D eigenvalue weighted by Crippen LogP contribution is 2.13. The van der Waals surface area contributed by atoms with Crippen molar-refractivity contribution in [2.75, 3.05) is 6.61 Å². The molecule has 8 nitrogen and oxygen atoms in total. The van der Waals surface area contributed by atoms with Gasteiger partial charge in [0.25, 0.3) is 17.5 Å². The number of rotatable bonds is 7. The summed E-state index contributed by atoms with van der Waals surface area (Å²) in [5, 5.41) is 10.6. The molecule has 8 heteroatoms. The zero-order chi connectivity index (χ0) is 18.9. The largest absolute Gasteiger partial charge is 0.494 e. The molecular formula is C18H19N3O5. The molecule has 0 unspecified atom stereocenters. The van der Waals surface area contributed by atoms with Gasteiger partial charge in [-0.25, -0.2) is 0 Å². The van der Waals surface area contributed by atoms with Crippen LogP contribution in [0.4, 0.5) is 5.69 Å². The lowest BCUT2D eigenvalue weighted by Crippen LogP contribution is -2.41. The molecule has 2 aromatic carbocycles. The van der Waals surface area contributed by atoms with Gasteiger partial charge < -0.3 is 4.74 Å². The first-order valence-corrected chi connectivity index (χ1v) is 8.09. The number of carbonyl (C=O) groups excluding carboxylic acids is 2. The van der Waals surface area contributed by atoms with Gasteiger partial charge >= 0.3 is 0 Å². The first-order chi connectivity index (χ1) is 12.5. The highest BCUT2D eigenvalue weighted by atomic mass is 16.6. The smallest absolute Gasteiger partial charge is 0.269 e. The van der Waals surface area contributed by atoms with Gasteiger partial charge in [0.2, 0.25) is 0 Å². The maximum absolute atomic E-state index is 12.0. The van der Waals surface area contributed by atoms with Crippen molar-refractivity contribution in [3.63, 3.8) is 0 Å². The molecule has 0 atom stereocenters. The Kier molecular flexibility index (Phi) is 6.67. The van der Waals surface area contributed by atoms with Gasteiger partial charge in [0.15, 0.2) is 0 Å². The number of unbranched alkanes of at least 4 members (excludes halogenated alkanes) is 1. The van der Waals surface area contributed by atoms with Crippen molar-refractivity contribution in [2.45, 2.75) is 19.8 Å². The third-order valence-electron chi connectivity index (χ3n) is 3.51. The molecule has 26 heavy (non-hydrogen) atoms. The molecule has 2 aromatic rings. The van der Waals surface area contributed by atoms with Gasteiger partial charge in [-0.2, -0.15) is 0 Å². The minimum absolute atomic E-state index is 0.119. The van der Waals surface area contributed by atoms with E-state index in [2.05, 4.69) is 17.8 Å². The minimum Gasteiger partial charge on any atom is -0.494 e. The van der Waals surface area contributed by atoms with Gasteiger partial charge in [-0.1, -0.05) is 13.3 Å². The van der Waals surface area contributed by atoms with Crippen LogP contribution in [0.15, 0.2) is 48.5 Å². The number of nitrogens with one attached hydrogen (secondary N) is 2. The number of nitro benzene ring substituents is 1. The molecule has 0 saturated heterocycles. The molecule has 0 heterocycles. The van der Waals surface area contributed by atoms with E-state index in [1.165, 1.54) is 24.3 Å². The fourth-order valence-corrected chi connectivity index (χ4v) is 2.03. The Morgan fingerprint density at radius 1 is 0.962 bits per heavy atom. The second kappa shape index (κ2) is 9.16. The van der Waals surface area contributed by atoms with Crippen LogP contribution < -0.4 is 15.6 Å². The van der Waals surface area contributed by atoms with Crippen LogP contribution in [-0.4, -0.2) is 23.3 Å². The first-order valence-electron chi connectivity index (χ1n) is 8.09. The molecule has 0 spiro atoms. The van der Waals surface area contributed by atoms with Gasteiger partial charge in [-0.05, 0) is 42.8 Å². The Labute approximate surface area is 150 Å². The highest BCUT2D eigenvalue weighted by molar-refractivity contribution is 5.99. The summed E-state index contributed by atoms with van der Waals surface area (Å²) in [7, 11) is 0. The van der Waals surface area contributed by atoms with Crippen LogP contribution in [0.1, 0.15) is 40.5 Å². The molecule has 0 aliphatic heterocycles. The second-order valence-corrected chi connectivity index (χ2v) is 5.44. The summed E-state index contributed by atoms with van der Waals surface area (Å²) < 4.78 is 5.51. The zero-order valence-electron chi connectivity index (χ0n) is 14.2. The Hall–Kier alpha value is -3.42. The van der Waals surface area contributed by atoms with E-state index < -0.39 is 16.7 Å². The molecule has 0 aromatic heterocycles. The van der Waals surface area contributed by atoms with Crippen LogP contribution in [0, 0.1) is 10.1 Å². The maximum Gasteiger partial charge on any atom is 0.269 e. The van der Waals surface area contributed by atoms with E-state index in [4.69, 9.17) is 4.74 Å². The molecule has 0 saturated carbocycles. The van der Waals surface area contributed by atoms with Crippen LogP contribution in [0.2, 0.25) is 0 Å². The van der Waals surface area contributed by atoms with Crippen molar-refractivity contribution in [3.8, 4) is 5.75 Å². The summed E-state index contributed by atoms with van der Waals surface area (Å²) in [6.07, 6.45) is 1.99. The lowest BCUT2D eigenvalue weighted by Gasteiger charge is -2.09. The quantitative estimate of drug-likeness (QED) is 0.450. The van der Waals surface area contributed by atoms with Gasteiger partial charge in [0.05, 0.1) is 11.5 Å². The second-order valence-electron chi connectivity index (χ2n) is 5.44. The van der Waals surface area contributed by atoms with Gasteiger partial charge in [-0.15, -0.1) is 0 Å². The first kappa shape index (κ1) is 18.9. The van der Waals surface area contributed by atoms with E-state index in [9.17, 15) is 19.7 Å². The Bertz CT molecular complexity index is 772. The average molecular weight is 357 g/mol. The molecule has 0 radical (unpaired) electrons. The van der Waals surface area contributed by atoms with Crippen LogP contribution in [-0.2, 0) is 0 Å². The monoisotopic (exact) mass is 357 g/mol. The van der Waals surface area contributed by atoms with Crippen molar-refractivity contribution >= 4 is 17.5 Å². The van der Waals surface area contributed by atoms with Crippen molar-refractivity contribution in [1.29, 1.82) is 0 Å². The number of hydrogen-bond acceptors (Lipinski definition) is 5. The fourth-order valence-electron chi connectivity index (χ4n) is 2.03. The molecule has 0 bridgehead atoms. The van der Waals surface area contributed by atoms with Crippen LogP contribution in [0.5, 0.6) is 5.75 Å². The number of nitro groups is 1. The molecule has 2 amide bonds. The third kappa shape index (κ3) is 5.30. The number of hydrazine groups is 1. The standard InChI is InChI=1S/C18H19N3O5/c1-2-3-12-26-16-10-6-14(7-11-16)18(23)20-19-17(22)13-4-8-15(9-5-13)21(24)25/h4-11H,2-3,12H2,1H3,(H,19,22)(H,20,23). The summed E-state index contributed by atoms with van der Waals surface area (Å²) in [6, 6.07) is 11.6. The van der Waals surface area contributed by atoms with Crippen LogP contribution >= 0.6 is 0 Å². The Balaban J connectivity index is 1.87. The number of non-ortho nitro benzene ring substituents is 1. The topological polar surface area (TPSA) is 111 Å². The molecule has 0 aliphatic carbocycles. The van der Waals surface area contributed by atoms with Crippen LogP contribution in [0.25, 0.3) is 0 Å². The van der Waals surface area contributed by atoms with Gasteiger partial charge in [-0.3, -0.25) is 30.6 Å². The number of hydrogen-bond donors (Lipinski definition) is 2. The number of amides is 2. The molecule has 2 rings (SSSR count). The molecular weight excluding hydrogens is 338 g/mol. The van der Waals surface area contributed by atoms with E-state index in [0.717, 1.165) is 12.8 Å². The van der Waals surface area contributed by atoms with E-state index >= 15 is 0 Å². The maximum atomic E-state index is 12.0. The van der Waals surface area contributed by atoms with E-state index in [-0.39, 0.29) is 11.3 Å². The lowest BCUT2D eigenvalue weighted by atomic mass is 10.2. The van der Waals surface area contributed by atoms with E-state index in [1.54, 1.807) is 24.3 Å². The SMILES string of the molecule is CCCCOc1ccc(C(=O)NNC(=O)c2ccc([N+](=O)[O-])cc2)cc1. The van der Waals surface area contributed by atoms with Gasteiger partial charge in [0.1, 0.15) is 5.75 Å². The number of ether oxygens (including phenoxy) is 1. The number of benzene rings is 2. The summed E-state index contributed by atoms with van der Waals surface area (Å²) >= 11 is 0. The van der Waals surface area contributed by atoms with Crippen molar-refractivity contribution < 1.29 is 19.2 Å². The predicted molar refractivity (Wildman–Crippen MR) is 94.9 cm³/mol. The lowest BCUT2D eigenvalue weighted by molar-refractivity contribution is -0.384. The van der Waals surface area contributed by atoms with Crippen LogP contribution in [0.3, 0.4) is 0 Å². The van der Waals surface area contributed by atoms with Crippen molar-refractivity contribution in [3.05, 3.63) is 69.8 Å². The third-order valence-corrected chi connectivity index (χ3v) is 3.51. The summed E-state index contributed by atoms with van der Waals surface area (Å²) in [6.45, 7) is 2.69. The Morgan fingerprint density at radius 2 is 1.46 bits per heavy atom. The molecule has 2 N–H and O–H groups in total. The van der Waals surface area contributed by atoms with Crippen molar-refractivity contribution in [2.24, 2.45) is 0 Å². The molecule has 0 fully saturated rings. The fraction of sp³-hybridized carbons (Fsp3) is 0.222. The van der Waals surface area contributed by atoms with Crippen molar-refractivity contribution in [1.82, 2.24) is 10.9 Å². The minimum atomic E-state index is -0.576. The van der Waals surface area contributed by atoms with Gasteiger partial charge in [0, 0.05) is 23.3 Å². The summed E-state index contributed by atoms with van der Waals surface area (Å²) in [4.78, 5) is 34.0. The van der Waals surface area contributed by atoms with E-state index in [0.29, 0.717) is 17.9 Å². The highest BCUT2D eigenvalue weighted by Gasteiger charge is 2.11. The van der Waals surface area contributed by atoms with E-state index in [1.807, 2.05) is 0 Å². The normalized spacial score (nSPS) is 10.0. The predicted octanol–water partition coefficient (Wildman–Crippen LogP) is 2.85. The summed E-state index contributed by atoms with van der Waals surface area (Å²) in [5.74, 6) is -0.391. The Morgan fingerprint density at radius 3 is 1.92 bits per heavy atom.